The van der Waals surface area contributed by atoms with Crippen molar-refractivity contribution < 1.29 is 19.2 Å². The van der Waals surface area contributed by atoms with Crippen LogP contribution in [-0.4, -0.2) is 40.4 Å². The topological polar surface area (TPSA) is 89.7 Å². The molecule has 1 saturated heterocycles. The number of rotatable bonds is 4. The van der Waals surface area contributed by atoms with Gasteiger partial charge in [-0.15, -0.1) is 0 Å². The van der Waals surface area contributed by atoms with Crippen molar-refractivity contribution >= 4 is 17.6 Å². The molecule has 7 heteroatoms. The number of nitrogens with zero attached hydrogens (tertiary/aromatic N) is 2. The van der Waals surface area contributed by atoms with Crippen molar-refractivity contribution in [3.63, 3.8) is 0 Å². The molecular weight excluding hydrogens is 312 g/mol. The highest BCUT2D eigenvalue weighted by molar-refractivity contribution is 5.96. The van der Waals surface area contributed by atoms with E-state index in [9.17, 15) is 19.7 Å². The molecular formula is C17H22N2O5. The molecule has 2 rings (SSSR count). The van der Waals surface area contributed by atoms with Gasteiger partial charge in [0.15, 0.2) is 6.61 Å². The molecule has 130 valence electrons. The average Bonchev–Trinajstić information content (AvgIpc) is 2.52. The van der Waals surface area contributed by atoms with Crippen LogP contribution in [0.1, 0.15) is 49.0 Å². The SMILES string of the molecule is Cc1cccc([N+](=O)[O-])c1C(=O)OCC(=O)N1C(C)CCCC1C. The van der Waals surface area contributed by atoms with Gasteiger partial charge in [-0.2, -0.15) is 0 Å². The lowest BCUT2D eigenvalue weighted by molar-refractivity contribution is -0.385. The maximum Gasteiger partial charge on any atom is 0.345 e. The summed E-state index contributed by atoms with van der Waals surface area (Å²) in [6.07, 6.45) is 2.92. The maximum absolute atomic E-state index is 12.4. The number of piperidine rings is 1. The summed E-state index contributed by atoms with van der Waals surface area (Å²) in [5, 5.41) is 11.1. The van der Waals surface area contributed by atoms with Crippen LogP contribution in [0.15, 0.2) is 18.2 Å². The van der Waals surface area contributed by atoms with Gasteiger partial charge in [-0.3, -0.25) is 14.9 Å². The average molecular weight is 334 g/mol. The second kappa shape index (κ2) is 7.42. The number of nitro groups is 1. The zero-order chi connectivity index (χ0) is 17.9. The monoisotopic (exact) mass is 334 g/mol. The molecule has 0 aromatic heterocycles. The zero-order valence-electron chi connectivity index (χ0n) is 14.2. The molecule has 0 bridgehead atoms. The summed E-state index contributed by atoms with van der Waals surface area (Å²) in [6, 6.07) is 4.56. The Morgan fingerprint density at radius 3 is 2.50 bits per heavy atom. The molecule has 1 aliphatic rings. The first kappa shape index (κ1) is 17.9. The van der Waals surface area contributed by atoms with Gasteiger partial charge >= 0.3 is 5.97 Å². The highest BCUT2D eigenvalue weighted by atomic mass is 16.6. The van der Waals surface area contributed by atoms with E-state index in [0.717, 1.165) is 19.3 Å². The minimum Gasteiger partial charge on any atom is -0.452 e. The molecule has 0 spiro atoms. The molecule has 0 aliphatic carbocycles. The first-order chi connectivity index (χ1) is 11.3. The van der Waals surface area contributed by atoms with Crippen molar-refractivity contribution in [2.24, 2.45) is 0 Å². The van der Waals surface area contributed by atoms with Crippen LogP contribution in [0.25, 0.3) is 0 Å². The molecule has 2 unspecified atom stereocenters. The first-order valence-corrected chi connectivity index (χ1v) is 8.05. The second-order valence-electron chi connectivity index (χ2n) is 6.23. The Bertz CT molecular complexity index is 648. The molecule has 1 fully saturated rings. The van der Waals surface area contributed by atoms with Crippen molar-refractivity contribution in [3.8, 4) is 0 Å². The molecule has 0 radical (unpaired) electrons. The van der Waals surface area contributed by atoms with Gasteiger partial charge in [0.1, 0.15) is 5.56 Å². The number of amides is 1. The summed E-state index contributed by atoms with van der Waals surface area (Å²) < 4.78 is 5.08. The fourth-order valence-electron chi connectivity index (χ4n) is 3.26. The Balaban J connectivity index is 2.08. The summed E-state index contributed by atoms with van der Waals surface area (Å²) in [7, 11) is 0. The molecule has 0 N–H and O–H groups in total. The van der Waals surface area contributed by atoms with Crippen LogP contribution in [0.5, 0.6) is 0 Å². The van der Waals surface area contributed by atoms with Crippen molar-refractivity contribution in [1.29, 1.82) is 0 Å². The fraction of sp³-hybridized carbons (Fsp3) is 0.529. The number of esters is 1. The third-order valence-corrected chi connectivity index (χ3v) is 4.46. The van der Waals surface area contributed by atoms with E-state index in [1.54, 1.807) is 17.9 Å². The molecule has 1 aromatic carbocycles. The van der Waals surface area contributed by atoms with E-state index in [2.05, 4.69) is 0 Å². The van der Waals surface area contributed by atoms with E-state index in [4.69, 9.17) is 4.74 Å². The van der Waals surface area contributed by atoms with Crippen LogP contribution in [0.3, 0.4) is 0 Å². The first-order valence-electron chi connectivity index (χ1n) is 8.05. The second-order valence-corrected chi connectivity index (χ2v) is 6.23. The van der Waals surface area contributed by atoms with Crippen LogP contribution in [0.2, 0.25) is 0 Å². The predicted molar refractivity (Wildman–Crippen MR) is 87.7 cm³/mol. The van der Waals surface area contributed by atoms with Gasteiger partial charge in [-0.25, -0.2) is 4.79 Å². The summed E-state index contributed by atoms with van der Waals surface area (Å²) in [5.41, 5.74) is 0.0311. The van der Waals surface area contributed by atoms with Gasteiger partial charge in [0.2, 0.25) is 0 Å². The fourth-order valence-corrected chi connectivity index (χ4v) is 3.26. The number of aryl methyl sites for hydroxylation is 1. The lowest BCUT2D eigenvalue weighted by atomic mass is 9.97. The van der Waals surface area contributed by atoms with Gasteiger partial charge in [-0.05, 0) is 45.6 Å². The van der Waals surface area contributed by atoms with Gasteiger partial charge in [0.25, 0.3) is 11.6 Å². The van der Waals surface area contributed by atoms with E-state index < -0.39 is 17.5 Å². The van der Waals surface area contributed by atoms with Crippen LogP contribution < -0.4 is 0 Å². The van der Waals surface area contributed by atoms with Gasteiger partial charge < -0.3 is 9.64 Å². The minimum absolute atomic E-state index is 0.102. The van der Waals surface area contributed by atoms with E-state index >= 15 is 0 Å². The highest BCUT2D eigenvalue weighted by Gasteiger charge is 2.30. The van der Waals surface area contributed by atoms with Crippen molar-refractivity contribution in [2.45, 2.75) is 52.1 Å². The van der Waals surface area contributed by atoms with Gasteiger partial charge in [-0.1, -0.05) is 12.1 Å². The third-order valence-electron chi connectivity index (χ3n) is 4.46. The molecule has 2 atom stereocenters. The number of hydrogen-bond acceptors (Lipinski definition) is 5. The highest BCUT2D eigenvalue weighted by Crippen LogP contribution is 2.24. The number of hydrogen-bond donors (Lipinski definition) is 0. The van der Waals surface area contributed by atoms with Gasteiger partial charge in [0.05, 0.1) is 4.92 Å². The Hall–Kier alpha value is -2.44. The van der Waals surface area contributed by atoms with E-state index in [0.29, 0.717) is 5.56 Å². The maximum atomic E-state index is 12.4. The smallest absolute Gasteiger partial charge is 0.345 e. The summed E-state index contributed by atoms with van der Waals surface area (Å²) in [6.45, 7) is 5.14. The van der Waals surface area contributed by atoms with E-state index in [1.807, 2.05) is 13.8 Å². The molecule has 1 aromatic rings. The number of benzene rings is 1. The van der Waals surface area contributed by atoms with E-state index in [1.165, 1.54) is 12.1 Å². The molecule has 7 nitrogen and oxygen atoms in total. The Labute approximate surface area is 140 Å². The molecule has 1 heterocycles. The van der Waals surface area contributed by atoms with Crippen LogP contribution in [-0.2, 0) is 9.53 Å². The molecule has 1 aliphatic heterocycles. The Morgan fingerprint density at radius 2 is 1.92 bits per heavy atom. The van der Waals surface area contributed by atoms with Crippen molar-refractivity contribution in [3.05, 3.63) is 39.4 Å². The zero-order valence-corrected chi connectivity index (χ0v) is 14.2. The van der Waals surface area contributed by atoms with Crippen LogP contribution >= 0.6 is 0 Å². The molecule has 0 saturated carbocycles. The number of likely N-dealkylation sites (tertiary alicyclic amines) is 1. The summed E-state index contributed by atoms with van der Waals surface area (Å²) in [5.74, 6) is -1.11. The predicted octanol–water partition coefficient (Wildman–Crippen LogP) is 2.85. The lowest BCUT2D eigenvalue weighted by Crippen LogP contribution is -2.49. The molecule has 24 heavy (non-hydrogen) atoms. The standard InChI is InChI=1S/C17H22N2O5/c1-11-6-4-9-14(19(22)23)16(11)17(21)24-10-15(20)18-12(2)7-5-8-13(18)3/h4,6,9,12-13H,5,7-8,10H2,1-3H3. The number of nitro benzene ring substituents is 1. The summed E-state index contributed by atoms with van der Waals surface area (Å²) >= 11 is 0. The van der Waals surface area contributed by atoms with Crippen LogP contribution in [0.4, 0.5) is 5.69 Å². The van der Waals surface area contributed by atoms with Gasteiger partial charge in [0, 0.05) is 18.2 Å². The Kier molecular flexibility index (Phi) is 5.54. The third kappa shape index (κ3) is 3.72. The van der Waals surface area contributed by atoms with Crippen molar-refractivity contribution in [2.75, 3.05) is 6.61 Å². The van der Waals surface area contributed by atoms with Crippen LogP contribution in [0, 0.1) is 17.0 Å². The lowest BCUT2D eigenvalue weighted by Gasteiger charge is -2.38. The number of ether oxygens (including phenoxy) is 1. The molecule has 1 amide bonds. The quantitative estimate of drug-likeness (QED) is 0.480. The Morgan fingerprint density at radius 1 is 1.29 bits per heavy atom. The summed E-state index contributed by atoms with van der Waals surface area (Å²) in [4.78, 5) is 36.8. The van der Waals surface area contributed by atoms with Crippen molar-refractivity contribution in [1.82, 2.24) is 4.90 Å². The van der Waals surface area contributed by atoms with E-state index in [-0.39, 0.29) is 29.2 Å². The number of carbonyl (C=O) groups is 2. The number of carbonyl (C=O) groups excluding carboxylic acids is 2. The largest absolute Gasteiger partial charge is 0.452 e. The minimum atomic E-state index is -0.842. The normalized spacial score (nSPS) is 20.5.